The summed E-state index contributed by atoms with van der Waals surface area (Å²) in [5, 5.41) is 0.654. The second-order valence-electron chi connectivity index (χ2n) is 6.89. The van der Waals surface area contributed by atoms with Gasteiger partial charge in [0.25, 0.3) is 5.91 Å². The minimum atomic E-state index is -0.412. The van der Waals surface area contributed by atoms with Crippen LogP contribution in [0.3, 0.4) is 0 Å². The quantitative estimate of drug-likeness (QED) is 0.494. The molecule has 0 radical (unpaired) electrons. The van der Waals surface area contributed by atoms with Gasteiger partial charge in [0, 0.05) is 18.7 Å². The predicted molar refractivity (Wildman–Crippen MR) is 122 cm³/mol. The molecule has 3 aromatic rings. The lowest BCUT2D eigenvalue weighted by Gasteiger charge is -2.24. The summed E-state index contributed by atoms with van der Waals surface area (Å²) in [4.78, 5) is 21.9. The van der Waals surface area contributed by atoms with Crippen molar-refractivity contribution >= 4 is 45.0 Å². The molecule has 0 fully saturated rings. The van der Waals surface area contributed by atoms with Crippen molar-refractivity contribution in [2.45, 2.75) is 27.7 Å². The van der Waals surface area contributed by atoms with Gasteiger partial charge in [0.2, 0.25) is 0 Å². The van der Waals surface area contributed by atoms with Crippen LogP contribution < -0.4 is 4.90 Å². The number of rotatable bonds is 7. The number of hydrogen-bond acceptors (Lipinski definition) is 4. The third-order valence-corrected chi connectivity index (χ3v) is 6.12. The molecule has 1 heterocycles. The molecule has 156 valence electrons. The molecule has 2 aromatic carbocycles. The molecule has 0 unspecified atom stereocenters. The van der Waals surface area contributed by atoms with Gasteiger partial charge in [0.05, 0.1) is 10.2 Å². The molecule has 7 heteroatoms. The van der Waals surface area contributed by atoms with Crippen LogP contribution in [0.25, 0.3) is 10.2 Å². The molecule has 0 aliphatic carbocycles. The maximum absolute atomic E-state index is 13.7. The number of carbonyl (C=O) groups is 1. The van der Waals surface area contributed by atoms with Gasteiger partial charge in [0.15, 0.2) is 5.13 Å². The molecule has 0 aliphatic rings. The number of carbonyl (C=O) groups excluding carboxylic acids is 1. The topological polar surface area (TPSA) is 36.4 Å². The fourth-order valence-electron chi connectivity index (χ4n) is 3.13. The lowest BCUT2D eigenvalue weighted by atomic mass is 10.1. The number of benzene rings is 2. The number of nitrogens with zero attached hydrogens (tertiary/aromatic N) is 3. The fourth-order valence-corrected chi connectivity index (χ4v) is 4.20. The highest BCUT2D eigenvalue weighted by Crippen LogP contribution is 2.31. The Bertz CT molecular complexity index is 948. The first kappa shape index (κ1) is 23.3. The molecule has 0 N–H and O–H groups in total. The van der Waals surface area contributed by atoms with Crippen molar-refractivity contribution in [3.8, 4) is 0 Å². The third-order valence-electron chi connectivity index (χ3n) is 5.07. The van der Waals surface area contributed by atoms with E-state index in [1.807, 2.05) is 0 Å². The van der Waals surface area contributed by atoms with Crippen molar-refractivity contribution in [3.05, 3.63) is 58.9 Å². The second-order valence-corrected chi connectivity index (χ2v) is 7.90. The van der Waals surface area contributed by atoms with Gasteiger partial charge < -0.3 is 4.90 Å². The summed E-state index contributed by atoms with van der Waals surface area (Å²) in [5.74, 6) is -0.635. The zero-order chi connectivity index (χ0) is 20.3. The van der Waals surface area contributed by atoms with Gasteiger partial charge in [-0.15, -0.1) is 12.4 Å². The second kappa shape index (κ2) is 10.1. The number of likely N-dealkylation sites (N-methyl/N-ethyl adjacent to an activating group) is 1. The number of amides is 1. The van der Waals surface area contributed by atoms with E-state index in [2.05, 4.69) is 44.7 Å². The first-order valence-corrected chi connectivity index (χ1v) is 10.4. The van der Waals surface area contributed by atoms with Crippen LogP contribution in [-0.2, 0) is 0 Å². The highest BCUT2D eigenvalue weighted by molar-refractivity contribution is 7.22. The molecule has 1 amide bonds. The van der Waals surface area contributed by atoms with E-state index in [0.29, 0.717) is 17.2 Å². The molecule has 29 heavy (non-hydrogen) atoms. The van der Waals surface area contributed by atoms with Crippen molar-refractivity contribution in [1.29, 1.82) is 0 Å². The Morgan fingerprint density at radius 1 is 1.07 bits per heavy atom. The molecule has 0 spiro atoms. The van der Waals surface area contributed by atoms with E-state index in [9.17, 15) is 9.18 Å². The Kier molecular flexibility index (Phi) is 8.14. The SMILES string of the molecule is CCN(CC)CCN(C(=O)c1cccc(F)c1)c1nc2cc(C)c(C)cc2s1.Cl. The molecular formula is C22H27ClFN3OS. The molecule has 0 bridgehead atoms. The number of anilines is 1. The van der Waals surface area contributed by atoms with Crippen molar-refractivity contribution in [3.63, 3.8) is 0 Å². The highest BCUT2D eigenvalue weighted by atomic mass is 35.5. The lowest BCUT2D eigenvalue weighted by Crippen LogP contribution is -2.38. The number of thiazole rings is 1. The van der Waals surface area contributed by atoms with Gasteiger partial charge in [-0.1, -0.05) is 31.3 Å². The van der Waals surface area contributed by atoms with Crippen LogP contribution in [-0.4, -0.2) is 42.0 Å². The summed E-state index contributed by atoms with van der Waals surface area (Å²) in [7, 11) is 0. The normalized spacial score (nSPS) is 11.0. The zero-order valence-electron chi connectivity index (χ0n) is 17.2. The molecule has 0 saturated carbocycles. The molecule has 0 saturated heterocycles. The number of aryl methyl sites for hydroxylation is 2. The molecule has 3 rings (SSSR count). The Morgan fingerprint density at radius 2 is 1.76 bits per heavy atom. The van der Waals surface area contributed by atoms with Crippen LogP contribution in [0.2, 0.25) is 0 Å². The van der Waals surface area contributed by atoms with E-state index in [4.69, 9.17) is 4.98 Å². The number of hydrogen-bond donors (Lipinski definition) is 0. The van der Waals surface area contributed by atoms with Crippen LogP contribution in [0.5, 0.6) is 0 Å². The average Bonchev–Trinajstić information content (AvgIpc) is 3.07. The largest absolute Gasteiger partial charge is 0.302 e. The summed E-state index contributed by atoms with van der Waals surface area (Å²) in [6, 6.07) is 10.0. The molecule has 4 nitrogen and oxygen atoms in total. The molecule has 0 atom stereocenters. The number of fused-ring (bicyclic) bond motifs is 1. The predicted octanol–water partition coefficient (Wildman–Crippen LogP) is 5.46. The number of halogens is 2. The first-order chi connectivity index (χ1) is 13.4. The summed E-state index contributed by atoms with van der Waals surface area (Å²) in [6.07, 6.45) is 0. The third kappa shape index (κ3) is 5.32. The minimum Gasteiger partial charge on any atom is -0.302 e. The maximum atomic E-state index is 13.7. The summed E-state index contributed by atoms with van der Waals surface area (Å²) >= 11 is 1.50. The molecule has 1 aromatic heterocycles. The van der Waals surface area contributed by atoms with Crippen molar-refractivity contribution in [2.75, 3.05) is 31.1 Å². The van der Waals surface area contributed by atoms with E-state index >= 15 is 0 Å². The van der Waals surface area contributed by atoms with Gasteiger partial charge in [-0.25, -0.2) is 9.37 Å². The lowest BCUT2D eigenvalue weighted by molar-refractivity contribution is 0.0983. The van der Waals surface area contributed by atoms with Crippen LogP contribution >= 0.6 is 23.7 Å². The van der Waals surface area contributed by atoms with Crippen molar-refractivity contribution in [2.24, 2.45) is 0 Å². The Morgan fingerprint density at radius 3 is 2.41 bits per heavy atom. The van der Waals surface area contributed by atoms with Crippen LogP contribution in [0.4, 0.5) is 9.52 Å². The summed E-state index contributed by atoms with van der Waals surface area (Å²) in [5.41, 5.74) is 3.61. The number of aromatic nitrogens is 1. The first-order valence-electron chi connectivity index (χ1n) is 9.60. The van der Waals surface area contributed by atoms with Crippen LogP contribution in [0.1, 0.15) is 35.3 Å². The van der Waals surface area contributed by atoms with E-state index < -0.39 is 5.82 Å². The maximum Gasteiger partial charge on any atom is 0.260 e. The van der Waals surface area contributed by atoms with Crippen molar-refractivity contribution in [1.82, 2.24) is 9.88 Å². The Balaban J connectivity index is 0.00000300. The van der Waals surface area contributed by atoms with E-state index in [1.54, 1.807) is 17.0 Å². The van der Waals surface area contributed by atoms with E-state index in [-0.39, 0.29) is 18.3 Å². The monoisotopic (exact) mass is 435 g/mol. The molecular weight excluding hydrogens is 409 g/mol. The van der Waals surface area contributed by atoms with E-state index in [0.717, 1.165) is 29.9 Å². The summed E-state index contributed by atoms with van der Waals surface area (Å²) < 4.78 is 14.7. The van der Waals surface area contributed by atoms with Crippen LogP contribution in [0, 0.1) is 19.7 Å². The highest BCUT2D eigenvalue weighted by Gasteiger charge is 2.22. The Hall–Kier alpha value is -2.02. The van der Waals surface area contributed by atoms with Gasteiger partial charge in [-0.2, -0.15) is 0 Å². The van der Waals surface area contributed by atoms with Crippen molar-refractivity contribution < 1.29 is 9.18 Å². The smallest absolute Gasteiger partial charge is 0.260 e. The fraction of sp³-hybridized carbons (Fsp3) is 0.364. The van der Waals surface area contributed by atoms with E-state index in [1.165, 1.54) is 34.6 Å². The standard InChI is InChI=1S/C22H26FN3OS.ClH/c1-5-25(6-2)10-11-26(21(27)17-8-7-9-18(23)14-17)22-24-19-12-15(3)16(4)13-20(19)28-22;/h7-9,12-14H,5-6,10-11H2,1-4H3;1H. The minimum absolute atomic E-state index is 0. The van der Waals surface area contributed by atoms with Gasteiger partial charge >= 0.3 is 0 Å². The van der Waals surface area contributed by atoms with Gasteiger partial charge in [-0.3, -0.25) is 9.69 Å². The van der Waals surface area contributed by atoms with Gasteiger partial charge in [-0.05, 0) is 68.4 Å². The Labute approximate surface area is 181 Å². The summed E-state index contributed by atoms with van der Waals surface area (Å²) in [6.45, 7) is 11.4. The average molecular weight is 436 g/mol. The zero-order valence-corrected chi connectivity index (χ0v) is 18.9. The van der Waals surface area contributed by atoms with Gasteiger partial charge in [0.1, 0.15) is 5.82 Å². The van der Waals surface area contributed by atoms with Crippen LogP contribution in [0.15, 0.2) is 36.4 Å². The molecule has 0 aliphatic heterocycles.